The van der Waals surface area contributed by atoms with E-state index in [0.29, 0.717) is 5.69 Å². The van der Waals surface area contributed by atoms with Crippen molar-refractivity contribution in [2.45, 2.75) is 37.3 Å². The molecule has 1 aliphatic heterocycles. The van der Waals surface area contributed by atoms with Gasteiger partial charge >= 0.3 is 6.18 Å². The number of fused-ring (bicyclic) bond motifs is 1. The summed E-state index contributed by atoms with van der Waals surface area (Å²) in [6.45, 7) is -1.42. The quantitative estimate of drug-likeness (QED) is 0.248. The van der Waals surface area contributed by atoms with E-state index in [1.165, 1.54) is 17.1 Å². The van der Waals surface area contributed by atoms with E-state index in [0.717, 1.165) is 12.3 Å². The molecule has 0 bridgehead atoms. The van der Waals surface area contributed by atoms with Crippen molar-refractivity contribution in [1.82, 2.24) is 34.8 Å². The molecule has 0 saturated carbocycles. The lowest BCUT2D eigenvalue weighted by Gasteiger charge is -2.17. The number of alkyl halides is 3. The number of imidazole rings is 1. The number of aromatic nitrogens is 6. The number of hydrogen-bond donors (Lipinski definition) is 4. The Kier molecular flexibility index (Phi) is 7.07. The largest absolute Gasteiger partial charge is 0.405 e. The average molecular weight is 548 g/mol. The molecule has 1 saturated heterocycles. The number of anilines is 1. The van der Waals surface area contributed by atoms with Crippen LogP contribution in [0.3, 0.4) is 0 Å². The van der Waals surface area contributed by atoms with Crippen molar-refractivity contribution in [3.8, 4) is 11.4 Å². The zero-order valence-corrected chi connectivity index (χ0v) is 19.7. The normalized spacial score (nSPS) is 21.3. The Morgan fingerprint density at radius 1 is 1.13 bits per heavy atom. The van der Waals surface area contributed by atoms with Gasteiger partial charge in [0, 0.05) is 18.0 Å². The van der Waals surface area contributed by atoms with E-state index in [1.54, 1.807) is 29.7 Å². The molecule has 5 heterocycles. The molecule has 5 rings (SSSR count). The first-order chi connectivity index (χ1) is 18.6. The molecular weight excluding hydrogens is 528 g/mol. The Labute approximate surface area is 216 Å². The third-order valence-electron chi connectivity index (χ3n) is 5.78. The van der Waals surface area contributed by atoms with E-state index in [9.17, 15) is 32.6 Å². The van der Waals surface area contributed by atoms with Gasteiger partial charge in [-0.1, -0.05) is 6.07 Å². The highest BCUT2D eigenvalue weighted by atomic mass is 19.4. The Morgan fingerprint density at radius 3 is 2.67 bits per heavy atom. The molecule has 0 aromatic carbocycles. The minimum absolute atomic E-state index is 0.0206. The summed E-state index contributed by atoms with van der Waals surface area (Å²) in [4.78, 5) is 33.4. The molecule has 1 aliphatic rings. The van der Waals surface area contributed by atoms with Gasteiger partial charge in [0.15, 0.2) is 35.1 Å². The van der Waals surface area contributed by atoms with Gasteiger partial charge in [0.2, 0.25) is 0 Å². The summed E-state index contributed by atoms with van der Waals surface area (Å²) in [6, 6.07) is 6.48. The first kappa shape index (κ1) is 26.3. The van der Waals surface area contributed by atoms with Crippen LogP contribution in [0.15, 0.2) is 49.2 Å². The van der Waals surface area contributed by atoms with Crippen LogP contribution in [-0.4, -0.2) is 76.6 Å². The molecule has 4 N–H and O–H groups in total. The number of carbonyl (C=O) groups excluding carboxylic acids is 1. The predicted molar refractivity (Wildman–Crippen MR) is 125 cm³/mol. The molecule has 16 heteroatoms. The van der Waals surface area contributed by atoms with Crippen molar-refractivity contribution in [2.75, 3.05) is 11.9 Å². The molecule has 1 amide bonds. The summed E-state index contributed by atoms with van der Waals surface area (Å²) in [5.41, 5.74) is 1.13. The molecule has 12 nitrogen and oxygen atoms in total. The summed E-state index contributed by atoms with van der Waals surface area (Å²) >= 11 is 0. The molecule has 39 heavy (non-hydrogen) atoms. The number of aliphatic hydroxyl groups excluding tert-OH is 2. The fourth-order valence-electron chi connectivity index (χ4n) is 3.96. The van der Waals surface area contributed by atoms with E-state index < -0.39 is 49.0 Å². The first-order valence-corrected chi connectivity index (χ1v) is 11.5. The van der Waals surface area contributed by atoms with Crippen LogP contribution in [0, 0.1) is 5.82 Å². The lowest BCUT2D eigenvalue weighted by Crippen LogP contribution is -2.45. The molecular formula is C23H20F4N8O4. The number of pyridine rings is 2. The van der Waals surface area contributed by atoms with E-state index in [4.69, 9.17) is 4.74 Å². The predicted octanol–water partition coefficient (Wildman–Crippen LogP) is 1.33. The van der Waals surface area contributed by atoms with E-state index >= 15 is 0 Å². The maximum atomic E-state index is 13.9. The SMILES string of the molecule is O=C(NCC(F)(F)F)[C@H]1O[C@@H](n2cnc3c(NCc4ccccn4)nc(-c4cncc(F)c4)nc32)[C@H](O)[C@@H]1O. The van der Waals surface area contributed by atoms with Gasteiger partial charge in [0.1, 0.15) is 24.6 Å². The van der Waals surface area contributed by atoms with E-state index in [2.05, 4.69) is 30.2 Å². The molecule has 0 unspecified atom stereocenters. The summed E-state index contributed by atoms with van der Waals surface area (Å²) in [5, 5.41) is 25.7. The van der Waals surface area contributed by atoms with Gasteiger partial charge in [0.05, 0.1) is 24.8 Å². The third-order valence-corrected chi connectivity index (χ3v) is 5.78. The van der Waals surface area contributed by atoms with Gasteiger partial charge in [-0.3, -0.25) is 19.3 Å². The number of nitrogens with zero attached hydrogens (tertiary/aromatic N) is 6. The summed E-state index contributed by atoms with van der Waals surface area (Å²) < 4.78 is 58.2. The van der Waals surface area contributed by atoms with Gasteiger partial charge in [0.25, 0.3) is 5.91 Å². The molecule has 0 radical (unpaired) electrons. The summed E-state index contributed by atoms with van der Waals surface area (Å²) in [7, 11) is 0. The topological polar surface area (TPSA) is 160 Å². The van der Waals surface area contributed by atoms with Crippen LogP contribution in [0.4, 0.5) is 23.4 Å². The van der Waals surface area contributed by atoms with Crippen molar-refractivity contribution in [3.63, 3.8) is 0 Å². The molecule has 4 atom stereocenters. The van der Waals surface area contributed by atoms with Crippen LogP contribution in [0.25, 0.3) is 22.6 Å². The lowest BCUT2D eigenvalue weighted by molar-refractivity contribution is -0.149. The van der Waals surface area contributed by atoms with Crippen LogP contribution < -0.4 is 10.6 Å². The van der Waals surface area contributed by atoms with Crippen LogP contribution in [0.2, 0.25) is 0 Å². The number of halogens is 4. The van der Waals surface area contributed by atoms with Crippen LogP contribution in [0.5, 0.6) is 0 Å². The second-order valence-electron chi connectivity index (χ2n) is 8.55. The van der Waals surface area contributed by atoms with Crippen LogP contribution >= 0.6 is 0 Å². The monoisotopic (exact) mass is 548 g/mol. The molecule has 204 valence electrons. The zero-order valence-electron chi connectivity index (χ0n) is 19.7. The van der Waals surface area contributed by atoms with Gasteiger partial charge < -0.3 is 25.6 Å². The zero-order chi connectivity index (χ0) is 27.7. The van der Waals surface area contributed by atoms with Crippen molar-refractivity contribution >= 4 is 22.9 Å². The lowest BCUT2D eigenvalue weighted by atomic mass is 10.1. The highest BCUT2D eigenvalue weighted by Crippen LogP contribution is 2.34. The Morgan fingerprint density at radius 2 is 1.95 bits per heavy atom. The highest BCUT2D eigenvalue weighted by molar-refractivity contribution is 5.85. The minimum Gasteiger partial charge on any atom is -0.387 e. The number of carbonyl (C=O) groups is 1. The molecule has 0 aliphatic carbocycles. The van der Waals surface area contributed by atoms with Crippen molar-refractivity contribution in [3.05, 3.63) is 60.7 Å². The fourth-order valence-corrected chi connectivity index (χ4v) is 3.96. The highest BCUT2D eigenvalue weighted by Gasteiger charge is 2.48. The summed E-state index contributed by atoms with van der Waals surface area (Å²) in [6.07, 6.45) is -6.38. The van der Waals surface area contributed by atoms with E-state index in [-0.39, 0.29) is 34.9 Å². The number of amides is 1. The Hall–Kier alpha value is -4.28. The van der Waals surface area contributed by atoms with Gasteiger partial charge in [-0.05, 0) is 18.2 Å². The van der Waals surface area contributed by atoms with Crippen molar-refractivity contribution in [2.24, 2.45) is 0 Å². The second kappa shape index (κ2) is 10.5. The number of hydrogen-bond acceptors (Lipinski definition) is 10. The van der Waals surface area contributed by atoms with Crippen molar-refractivity contribution < 1.29 is 37.3 Å². The number of nitrogens with one attached hydrogen (secondary N) is 2. The Bertz CT molecular complexity index is 1490. The summed E-state index contributed by atoms with van der Waals surface area (Å²) in [5.74, 6) is -1.67. The molecule has 4 aromatic rings. The Balaban J connectivity index is 1.51. The van der Waals surface area contributed by atoms with Gasteiger partial charge in [-0.15, -0.1) is 0 Å². The van der Waals surface area contributed by atoms with Crippen molar-refractivity contribution in [1.29, 1.82) is 0 Å². The smallest absolute Gasteiger partial charge is 0.387 e. The average Bonchev–Trinajstić information content (AvgIpc) is 3.46. The number of aliphatic hydroxyl groups is 2. The maximum Gasteiger partial charge on any atom is 0.405 e. The third kappa shape index (κ3) is 5.62. The minimum atomic E-state index is -4.68. The molecule has 1 fully saturated rings. The standard InChI is InChI=1S/C23H20F4N8O4/c24-12-5-11(6-28-7-12)18-33-19(30-8-13-3-1-2-4-29-13)14-20(34-18)35(10-32-14)22-16(37)15(36)17(39-22)21(38)31-9-23(25,26)27/h1-7,10,15-17,22,36-37H,8-9H2,(H,31,38)(H,30,33,34)/t15-,16+,17-,22+/m0/s1. The molecule has 4 aromatic heterocycles. The first-order valence-electron chi connectivity index (χ1n) is 11.5. The second-order valence-corrected chi connectivity index (χ2v) is 8.55. The molecule has 0 spiro atoms. The number of ether oxygens (including phenoxy) is 1. The fraction of sp³-hybridized carbons (Fsp3) is 0.304. The van der Waals surface area contributed by atoms with Gasteiger partial charge in [-0.2, -0.15) is 13.2 Å². The van der Waals surface area contributed by atoms with E-state index in [1.807, 2.05) is 0 Å². The van der Waals surface area contributed by atoms with Crippen LogP contribution in [-0.2, 0) is 16.1 Å². The number of rotatable bonds is 7. The maximum absolute atomic E-state index is 13.9. The van der Waals surface area contributed by atoms with Gasteiger partial charge in [-0.25, -0.2) is 19.3 Å². The van der Waals surface area contributed by atoms with Crippen LogP contribution in [0.1, 0.15) is 11.9 Å².